The first-order valence-corrected chi connectivity index (χ1v) is 7.28. The zero-order valence-electron chi connectivity index (χ0n) is 12.4. The zero-order valence-corrected chi connectivity index (χ0v) is 12.4. The number of aromatic hydroxyl groups is 2. The van der Waals surface area contributed by atoms with Crippen molar-refractivity contribution in [3.63, 3.8) is 0 Å². The van der Waals surface area contributed by atoms with Crippen LogP contribution in [0.15, 0.2) is 30.3 Å². The summed E-state index contributed by atoms with van der Waals surface area (Å²) in [5.74, 6) is 0.703. The molecule has 0 unspecified atom stereocenters. The minimum atomic E-state index is 0.261. The topological polar surface area (TPSA) is 40.5 Å². The van der Waals surface area contributed by atoms with E-state index >= 15 is 0 Å². The van der Waals surface area contributed by atoms with E-state index in [4.69, 9.17) is 0 Å². The van der Waals surface area contributed by atoms with Crippen molar-refractivity contribution >= 4 is 0 Å². The van der Waals surface area contributed by atoms with Crippen LogP contribution in [-0.4, -0.2) is 10.2 Å². The molecule has 2 nitrogen and oxygen atoms in total. The van der Waals surface area contributed by atoms with Crippen LogP contribution in [0.4, 0.5) is 0 Å². The molecule has 2 aromatic carbocycles. The Hall–Kier alpha value is -1.96. The quantitative estimate of drug-likeness (QED) is 0.861. The van der Waals surface area contributed by atoms with E-state index in [2.05, 4.69) is 26.8 Å². The van der Waals surface area contributed by atoms with Gasteiger partial charge in [0.1, 0.15) is 11.5 Å². The van der Waals surface area contributed by atoms with Crippen molar-refractivity contribution < 1.29 is 10.2 Å². The monoisotopic (exact) mass is 270 g/mol. The second-order valence-electron chi connectivity index (χ2n) is 5.00. The Morgan fingerprint density at radius 3 is 1.90 bits per heavy atom. The van der Waals surface area contributed by atoms with Gasteiger partial charge in [0.05, 0.1) is 0 Å². The summed E-state index contributed by atoms with van der Waals surface area (Å²) in [4.78, 5) is 0. The van der Waals surface area contributed by atoms with Crippen molar-refractivity contribution in [3.8, 4) is 22.6 Å². The number of benzene rings is 2. The maximum Gasteiger partial charge on any atom is 0.122 e. The van der Waals surface area contributed by atoms with Crippen LogP contribution in [0.25, 0.3) is 11.1 Å². The Bertz CT molecular complexity index is 598. The van der Waals surface area contributed by atoms with Gasteiger partial charge < -0.3 is 10.2 Å². The van der Waals surface area contributed by atoms with Crippen molar-refractivity contribution in [3.05, 3.63) is 47.0 Å². The van der Waals surface area contributed by atoms with Gasteiger partial charge in [0.25, 0.3) is 0 Å². The summed E-state index contributed by atoms with van der Waals surface area (Å²) in [6.07, 6.45) is 2.54. The smallest absolute Gasteiger partial charge is 0.122 e. The number of rotatable bonds is 4. The molecule has 0 amide bonds. The standard InChI is InChI=1S/C18H22O2/c1-4-12-11-17(13-7-9-14(19)10-8-13)16(6-3)18(20)15(12)5-2/h7-11,19-20H,4-6H2,1-3H3. The van der Waals surface area contributed by atoms with Gasteiger partial charge in [0, 0.05) is 5.56 Å². The number of hydrogen-bond acceptors (Lipinski definition) is 2. The number of phenols is 2. The molecule has 0 aromatic heterocycles. The molecule has 0 aliphatic heterocycles. The lowest BCUT2D eigenvalue weighted by molar-refractivity contribution is 0.461. The molecule has 0 radical (unpaired) electrons. The molecule has 0 aliphatic carbocycles. The summed E-state index contributed by atoms with van der Waals surface area (Å²) in [6.45, 7) is 6.25. The molecule has 0 saturated heterocycles. The SMILES string of the molecule is CCc1cc(-c2ccc(O)cc2)c(CC)c(O)c1CC. The molecule has 2 N–H and O–H groups in total. The third-order valence-corrected chi connectivity index (χ3v) is 3.87. The summed E-state index contributed by atoms with van der Waals surface area (Å²) >= 11 is 0. The van der Waals surface area contributed by atoms with Crippen molar-refractivity contribution in [1.82, 2.24) is 0 Å². The minimum Gasteiger partial charge on any atom is -0.508 e. The van der Waals surface area contributed by atoms with E-state index in [-0.39, 0.29) is 5.75 Å². The Balaban J connectivity index is 2.68. The maximum absolute atomic E-state index is 10.5. The van der Waals surface area contributed by atoms with Crippen LogP contribution in [0, 0.1) is 0 Å². The highest BCUT2D eigenvalue weighted by Gasteiger charge is 2.15. The molecule has 0 heterocycles. The molecule has 106 valence electrons. The van der Waals surface area contributed by atoms with E-state index in [1.165, 1.54) is 5.56 Å². The van der Waals surface area contributed by atoms with Gasteiger partial charge >= 0.3 is 0 Å². The third-order valence-electron chi connectivity index (χ3n) is 3.87. The lowest BCUT2D eigenvalue weighted by Gasteiger charge is -2.17. The second-order valence-corrected chi connectivity index (χ2v) is 5.00. The van der Waals surface area contributed by atoms with Gasteiger partial charge in [0.15, 0.2) is 0 Å². The van der Waals surface area contributed by atoms with Crippen LogP contribution in [-0.2, 0) is 19.3 Å². The molecule has 0 atom stereocenters. The molecule has 2 heteroatoms. The molecular weight excluding hydrogens is 248 g/mol. The van der Waals surface area contributed by atoms with Crippen molar-refractivity contribution in [2.75, 3.05) is 0 Å². The summed E-state index contributed by atoms with van der Waals surface area (Å²) in [5.41, 5.74) is 5.35. The molecule has 0 bridgehead atoms. The summed E-state index contributed by atoms with van der Waals surface area (Å²) in [5, 5.41) is 20.0. The van der Waals surface area contributed by atoms with E-state index < -0.39 is 0 Å². The summed E-state index contributed by atoms with van der Waals surface area (Å²) in [6, 6.07) is 9.35. The highest BCUT2D eigenvalue weighted by molar-refractivity contribution is 5.73. The fraction of sp³-hybridized carbons (Fsp3) is 0.333. The first-order chi connectivity index (χ1) is 9.62. The lowest BCUT2D eigenvalue weighted by atomic mass is 9.89. The molecular formula is C18H22O2. The van der Waals surface area contributed by atoms with E-state index in [1.54, 1.807) is 12.1 Å². The molecule has 0 saturated carbocycles. The number of aryl methyl sites for hydroxylation is 1. The van der Waals surface area contributed by atoms with Gasteiger partial charge in [-0.1, -0.05) is 39.0 Å². The molecule has 2 aromatic rings. The van der Waals surface area contributed by atoms with Gasteiger partial charge in [0.2, 0.25) is 0 Å². The van der Waals surface area contributed by atoms with Gasteiger partial charge in [-0.25, -0.2) is 0 Å². The van der Waals surface area contributed by atoms with E-state index in [9.17, 15) is 10.2 Å². The molecule has 0 spiro atoms. The highest BCUT2D eigenvalue weighted by atomic mass is 16.3. The zero-order chi connectivity index (χ0) is 14.7. The first kappa shape index (κ1) is 14.4. The summed E-state index contributed by atoms with van der Waals surface area (Å²) in [7, 11) is 0. The molecule has 0 fully saturated rings. The van der Waals surface area contributed by atoms with Crippen LogP contribution >= 0.6 is 0 Å². The fourth-order valence-corrected chi connectivity index (χ4v) is 2.78. The first-order valence-electron chi connectivity index (χ1n) is 7.28. The molecule has 2 rings (SSSR count). The van der Waals surface area contributed by atoms with Crippen LogP contribution in [0.2, 0.25) is 0 Å². The Morgan fingerprint density at radius 1 is 0.800 bits per heavy atom. The van der Waals surface area contributed by atoms with Crippen LogP contribution < -0.4 is 0 Å². The van der Waals surface area contributed by atoms with Gasteiger partial charge in [-0.15, -0.1) is 0 Å². The number of phenolic OH excluding ortho intramolecular Hbond substituents is 2. The average molecular weight is 270 g/mol. The highest BCUT2D eigenvalue weighted by Crippen LogP contribution is 2.37. The van der Waals surface area contributed by atoms with Gasteiger partial charge in [-0.2, -0.15) is 0 Å². The van der Waals surface area contributed by atoms with Crippen LogP contribution in [0.3, 0.4) is 0 Å². The van der Waals surface area contributed by atoms with Crippen LogP contribution in [0.5, 0.6) is 11.5 Å². The van der Waals surface area contributed by atoms with E-state index in [1.807, 2.05) is 12.1 Å². The van der Waals surface area contributed by atoms with Crippen molar-refractivity contribution in [1.29, 1.82) is 0 Å². The Morgan fingerprint density at radius 2 is 1.40 bits per heavy atom. The fourth-order valence-electron chi connectivity index (χ4n) is 2.78. The molecule has 0 aliphatic rings. The maximum atomic E-state index is 10.5. The van der Waals surface area contributed by atoms with E-state index in [0.29, 0.717) is 5.75 Å². The summed E-state index contributed by atoms with van der Waals surface area (Å²) < 4.78 is 0. The van der Waals surface area contributed by atoms with Gasteiger partial charge in [-0.05, 0) is 53.6 Å². The largest absolute Gasteiger partial charge is 0.508 e. The van der Waals surface area contributed by atoms with Crippen LogP contribution in [0.1, 0.15) is 37.5 Å². The Labute approximate surface area is 120 Å². The second kappa shape index (κ2) is 6.00. The van der Waals surface area contributed by atoms with Gasteiger partial charge in [-0.3, -0.25) is 0 Å². The predicted octanol–water partition coefficient (Wildman–Crippen LogP) is 4.45. The average Bonchev–Trinajstić information content (AvgIpc) is 2.47. The predicted molar refractivity (Wildman–Crippen MR) is 83.3 cm³/mol. The van der Waals surface area contributed by atoms with E-state index in [0.717, 1.165) is 41.5 Å². The normalized spacial score (nSPS) is 10.8. The Kier molecular flexibility index (Phi) is 4.33. The van der Waals surface area contributed by atoms with Crippen molar-refractivity contribution in [2.45, 2.75) is 40.0 Å². The molecule has 20 heavy (non-hydrogen) atoms. The lowest BCUT2D eigenvalue weighted by Crippen LogP contribution is -1.99. The number of hydrogen-bond donors (Lipinski definition) is 2. The minimum absolute atomic E-state index is 0.261. The van der Waals surface area contributed by atoms with Crippen molar-refractivity contribution in [2.24, 2.45) is 0 Å². The third kappa shape index (κ3) is 2.51.